The first kappa shape index (κ1) is 23.4. The molecule has 0 fully saturated rings. The van der Waals surface area contributed by atoms with Gasteiger partial charge >= 0.3 is 41.7 Å². The summed E-state index contributed by atoms with van der Waals surface area (Å²) in [5.41, 5.74) is -0.807. The van der Waals surface area contributed by atoms with E-state index in [0.29, 0.717) is 18.1 Å². The summed E-state index contributed by atoms with van der Waals surface area (Å²) in [7, 11) is 0. The van der Waals surface area contributed by atoms with Gasteiger partial charge in [-0.3, -0.25) is 0 Å². The third kappa shape index (κ3) is 5.39. The maximum Gasteiger partial charge on any atom is 1.00 e. The van der Waals surface area contributed by atoms with Crippen molar-refractivity contribution < 1.29 is 68.3 Å². The van der Waals surface area contributed by atoms with Gasteiger partial charge in [0, 0.05) is 11.6 Å². The summed E-state index contributed by atoms with van der Waals surface area (Å²) in [6.07, 6.45) is -6.58. The van der Waals surface area contributed by atoms with Crippen LogP contribution in [0.2, 0.25) is 5.02 Å². The van der Waals surface area contributed by atoms with E-state index in [4.69, 9.17) is 30.9 Å². The molecule has 1 heterocycles. The van der Waals surface area contributed by atoms with Gasteiger partial charge in [0.15, 0.2) is 0 Å². The number of fused-ring (bicyclic) bond motifs is 1. The average molecular weight is 439 g/mol. The summed E-state index contributed by atoms with van der Waals surface area (Å²) in [5, 5.41) is 9.15. The Morgan fingerprint density at radius 3 is 2.41 bits per heavy atom. The molecule has 5 nitrogen and oxygen atoms in total. The first-order chi connectivity index (χ1) is 13.2. The predicted molar refractivity (Wildman–Crippen MR) is 96.3 cm³/mol. The maximum absolute atomic E-state index is 13.2. The molecular weight excluding hydrogens is 424 g/mol. The second kappa shape index (κ2) is 9.30. The van der Waals surface area contributed by atoms with Crippen molar-refractivity contribution in [2.24, 2.45) is 0 Å². The van der Waals surface area contributed by atoms with Gasteiger partial charge in [0.25, 0.3) is 0 Å². The number of benzene rings is 2. The minimum Gasteiger partial charge on any atom is -1.00 e. The molecule has 0 bridgehead atoms. The molecule has 1 aliphatic heterocycles. The van der Waals surface area contributed by atoms with Crippen LogP contribution in [-0.4, -0.2) is 30.0 Å². The number of aliphatic carboxylic acids is 1. The van der Waals surface area contributed by atoms with Crippen LogP contribution < -0.4 is 43.8 Å². The number of halogens is 4. The van der Waals surface area contributed by atoms with Crippen molar-refractivity contribution in [2.45, 2.75) is 19.2 Å². The molecule has 0 aliphatic carbocycles. The molecule has 0 amide bonds. The van der Waals surface area contributed by atoms with Crippen molar-refractivity contribution in [3.63, 3.8) is 0 Å². The van der Waals surface area contributed by atoms with E-state index in [1.54, 1.807) is 24.3 Å². The van der Waals surface area contributed by atoms with E-state index in [0.717, 1.165) is 6.08 Å². The Bertz CT molecular complexity index is 935. The summed E-state index contributed by atoms with van der Waals surface area (Å²) < 4.78 is 55.4. The average Bonchev–Trinajstić information content (AvgIpc) is 2.62. The molecule has 2 aromatic rings. The fraction of sp³-hybridized carbons (Fsp3) is 0.211. The Balaban J connectivity index is 0.00000225. The number of rotatable bonds is 5. The number of carboxylic acids is 1. The standard InChI is InChI=1S/C19H14ClF3O5.Na.H/c1-2-26-11-3-5-12(6-4-11)27-16-9-15-10(8-14(16)20)7-13(18(24)25)17(28-15)19(21,22)23;;/h3-9,17H,2H2,1H3,(H,24,25);;/q;+1;-1. The normalized spacial score (nSPS) is 15.3. The van der Waals surface area contributed by atoms with Crippen molar-refractivity contribution in [1.82, 2.24) is 0 Å². The SMILES string of the molecule is CCOc1ccc(Oc2cc3c(cc2Cl)C=C(C(=O)O)C(C(F)(F)F)O3)cc1.[H-].[Na+]. The first-order valence-electron chi connectivity index (χ1n) is 8.11. The van der Waals surface area contributed by atoms with Crippen molar-refractivity contribution >= 4 is 23.6 Å². The van der Waals surface area contributed by atoms with Gasteiger partial charge in [-0.1, -0.05) is 11.6 Å². The van der Waals surface area contributed by atoms with Gasteiger partial charge in [0.05, 0.1) is 17.2 Å². The van der Waals surface area contributed by atoms with Crippen molar-refractivity contribution in [3.05, 3.63) is 52.6 Å². The fourth-order valence-corrected chi connectivity index (χ4v) is 2.80. The number of hydrogen-bond acceptors (Lipinski definition) is 4. The Labute approximate surface area is 192 Å². The number of carbonyl (C=O) groups is 1. The van der Waals surface area contributed by atoms with Gasteiger partial charge in [-0.2, -0.15) is 13.2 Å². The quantitative estimate of drug-likeness (QED) is 0.727. The van der Waals surface area contributed by atoms with Crippen LogP contribution in [0.5, 0.6) is 23.0 Å². The first-order valence-corrected chi connectivity index (χ1v) is 8.49. The van der Waals surface area contributed by atoms with E-state index in [-0.39, 0.29) is 53.1 Å². The zero-order chi connectivity index (χ0) is 20.5. The molecule has 1 aliphatic rings. The van der Waals surface area contributed by atoms with E-state index >= 15 is 0 Å². The monoisotopic (exact) mass is 438 g/mol. The van der Waals surface area contributed by atoms with Crippen molar-refractivity contribution in [2.75, 3.05) is 6.61 Å². The molecule has 2 aromatic carbocycles. The molecule has 0 aromatic heterocycles. The molecule has 0 radical (unpaired) electrons. The summed E-state index contributed by atoms with van der Waals surface area (Å²) in [6, 6.07) is 9.05. The minimum absolute atomic E-state index is 0. The second-order valence-electron chi connectivity index (χ2n) is 5.77. The van der Waals surface area contributed by atoms with Gasteiger partial charge in [0.2, 0.25) is 6.10 Å². The molecule has 1 unspecified atom stereocenters. The van der Waals surface area contributed by atoms with E-state index in [2.05, 4.69) is 0 Å². The van der Waals surface area contributed by atoms with Crippen LogP contribution in [0.1, 0.15) is 13.9 Å². The van der Waals surface area contributed by atoms with Crippen LogP contribution in [0.4, 0.5) is 13.2 Å². The molecule has 0 saturated heterocycles. The molecule has 1 N–H and O–H groups in total. The number of ether oxygens (including phenoxy) is 3. The van der Waals surface area contributed by atoms with Crippen molar-refractivity contribution in [1.29, 1.82) is 0 Å². The fourth-order valence-electron chi connectivity index (χ4n) is 2.59. The molecule has 150 valence electrons. The number of carboxylic acid groups (broad SMARTS) is 1. The smallest absolute Gasteiger partial charge is 1.00 e. The third-order valence-corrected chi connectivity index (χ3v) is 4.10. The Morgan fingerprint density at radius 1 is 1.24 bits per heavy atom. The Kier molecular flexibility index (Phi) is 7.50. The van der Waals surface area contributed by atoms with E-state index in [1.165, 1.54) is 12.1 Å². The van der Waals surface area contributed by atoms with Crippen molar-refractivity contribution in [3.8, 4) is 23.0 Å². The zero-order valence-electron chi connectivity index (χ0n) is 16.4. The largest absolute Gasteiger partial charge is 1.00 e. The van der Waals surface area contributed by atoms with Crippen LogP contribution in [0.25, 0.3) is 6.08 Å². The molecule has 29 heavy (non-hydrogen) atoms. The summed E-state index contributed by atoms with van der Waals surface area (Å²) in [6.45, 7) is 2.34. The molecule has 0 spiro atoms. The maximum atomic E-state index is 13.2. The van der Waals surface area contributed by atoms with Gasteiger partial charge in [-0.25, -0.2) is 4.79 Å². The third-order valence-electron chi connectivity index (χ3n) is 3.81. The summed E-state index contributed by atoms with van der Waals surface area (Å²) >= 11 is 6.14. The van der Waals surface area contributed by atoms with Crippen LogP contribution in [0.3, 0.4) is 0 Å². The number of hydrogen-bond donors (Lipinski definition) is 1. The van der Waals surface area contributed by atoms with E-state index in [1.807, 2.05) is 6.92 Å². The van der Waals surface area contributed by atoms with Gasteiger partial charge < -0.3 is 20.7 Å². The van der Waals surface area contributed by atoms with Crippen LogP contribution in [0, 0.1) is 0 Å². The zero-order valence-corrected chi connectivity index (χ0v) is 18.2. The Morgan fingerprint density at radius 2 is 1.86 bits per heavy atom. The molecule has 10 heteroatoms. The Hall–Kier alpha value is -1.87. The molecule has 3 rings (SSSR count). The number of alkyl halides is 3. The van der Waals surface area contributed by atoms with Crippen LogP contribution in [-0.2, 0) is 4.79 Å². The molecule has 1 atom stereocenters. The predicted octanol–water partition coefficient (Wildman–Crippen LogP) is 2.44. The van der Waals surface area contributed by atoms with E-state index < -0.39 is 23.8 Å². The van der Waals surface area contributed by atoms with Crippen LogP contribution >= 0.6 is 11.6 Å². The second-order valence-corrected chi connectivity index (χ2v) is 6.18. The summed E-state index contributed by atoms with van der Waals surface area (Å²) in [4.78, 5) is 11.2. The molecule has 0 saturated carbocycles. The van der Waals surface area contributed by atoms with Gasteiger partial charge in [-0.05, 0) is 43.3 Å². The summed E-state index contributed by atoms with van der Waals surface area (Å²) in [5.74, 6) is -0.821. The van der Waals surface area contributed by atoms with Crippen LogP contribution in [0.15, 0.2) is 42.0 Å². The van der Waals surface area contributed by atoms with Gasteiger partial charge in [0.1, 0.15) is 23.0 Å². The van der Waals surface area contributed by atoms with E-state index in [9.17, 15) is 18.0 Å². The minimum atomic E-state index is -4.89. The topological polar surface area (TPSA) is 65.0 Å². The van der Waals surface area contributed by atoms with Gasteiger partial charge in [-0.15, -0.1) is 0 Å². The molecular formula is C19H15ClF3NaO5.